The van der Waals surface area contributed by atoms with Gasteiger partial charge in [-0.2, -0.15) is 0 Å². The van der Waals surface area contributed by atoms with Crippen molar-refractivity contribution in [3.8, 4) is 0 Å². The number of halogens is 2. The van der Waals surface area contributed by atoms with Crippen molar-refractivity contribution in [2.45, 2.75) is 12.6 Å². The minimum atomic E-state index is 0.239. The number of nitrogens with one attached hydrogen (secondary N) is 1. The molecule has 0 amide bonds. The molecule has 0 radical (unpaired) electrons. The Morgan fingerprint density at radius 1 is 1.56 bits per heavy atom. The molecule has 0 spiro atoms. The maximum atomic E-state index is 6.12. The number of hydrogen-bond donors (Lipinski definition) is 1. The van der Waals surface area contributed by atoms with E-state index in [4.69, 9.17) is 27.9 Å². The average Bonchev–Trinajstić information content (AvgIpc) is 2.34. The van der Waals surface area contributed by atoms with Gasteiger partial charge >= 0.3 is 0 Å². The molecule has 2 heterocycles. The molecule has 1 unspecified atom stereocenters. The Hall–Kier alpha value is -0.390. The molecule has 1 aliphatic rings. The maximum absolute atomic E-state index is 6.12. The van der Waals surface area contributed by atoms with Crippen LogP contribution in [0.4, 0.5) is 0 Å². The van der Waals surface area contributed by atoms with Crippen LogP contribution in [-0.2, 0) is 11.3 Å². The molecule has 0 saturated carbocycles. The second kappa shape index (κ2) is 6.68. The quantitative estimate of drug-likeness (QED) is 0.858. The van der Waals surface area contributed by atoms with Crippen molar-refractivity contribution >= 4 is 23.2 Å². The van der Waals surface area contributed by atoms with Crippen LogP contribution in [0.25, 0.3) is 0 Å². The maximum Gasteiger partial charge on any atom is 0.130 e. The molecule has 0 aromatic carbocycles. The first kappa shape index (κ1) is 14.0. The Labute approximate surface area is 117 Å². The third-order valence-corrected chi connectivity index (χ3v) is 3.41. The van der Waals surface area contributed by atoms with E-state index >= 15 is 0 Å². The predicted octanol–water partition coefficient (Wildman–Crippen LogP) is 1.81. The molecule has 1 aromatic heterocycles. The van der Waals surface area contributed by atoms with Gasteiger partial charge in [0.15, 0.2) is 0 Å². The zero-order valence-electron chi connectivity index (χ0n) is 10.3. The number of morpholine rings is 1. The fourth-order valence-electron chi connectivity index (χ4n) is 1.99. The summed E-state index contributed by atoms with van der Waals surface area (Å²) in [5.74, 6) is 0. The molecular weight excluding hydrogens is 273 g/mol. The highest BCUT2D eigenvalue weighted by molar-refractivity contribution is 6.34. The van der Waals surface area contributed by atoms with E-state index in [1.54, 1.807) is 12.3 Å². The van der Waals surface area contributed by atoms with Gasteiger partial charge in [0.05, 0.1) is 12.7 Å². The van der Waals surface area contributed by atoms with Gasteiger partial charge < -0.3 is 10.1 Å². The smallest absolute Gasteiger partial charge is 0.130 e. The number of likely N-dealkylation sites (N-methyl/N-ethyl adjacent to an activating group) is 1. The zero-order valence-corrected chi connectivity index (χ0v) is 11.8. The Kier molecular flexibility index (Phi) is 5.21. The van der Waals surface area contributed by atoms with Crippen molar-refractivity contribution in [3.63, 3.8) is 0 Å². The third-order valence-electron chi connectivity index (χ3n) is 2.86. The van der Waals surface area contributed by atoms with Gasteiger partial charge in [0.2, 0.25) is 0 Å². The fourth-order valence-corrected chi connectivity index (χ4v) is 2.42. The lowest BCUT2D eigenvalue weighted by molar-refractivity contribution is 0.00884. The highest BCUT2D eigenvalue weighted by atomic mass is 35.5. The van der Waals surface area contributed by atoms with Gasteiger partial charge in [0.25, 0.3) is 0 Å². The molecule has 6 heteroatoms. The first-order chi connectivity index (χ1) is 8.65. The molecule has 0 aliphatic carbocycles. The normalized spacial score (nSPS) is 20.3. The Bertz CT molecular complexity index is 397. The lowest BCUT2D eigenvalue weighted by Gasteiger charge is -2.28. The third kappa shape index (κ3) is 4.07. The first-order valence-electron chi connectivity index (χ1n) is 5.96. The highest BCUT2D eigenvalue weighted by Gasteiger charge is 2.16. The standard InChI is InChI=1S/C12H17Cl2N3O/c1-17(8-10-6-15-2-3-18-10)7-9-5-16-12(14)4-11(9)13/h4-5,10,15H,2-3,6-8H2,1H3. The van der Waals surface area contributed by atoms with E-state index in [1.807, 2.05) is 7.05 Å². The molecule has 1 aliphatic heterocycles. The fraction of sp³-hybridized carbons (Fsp3) is 0.583. The summed E-state index contributed by atoms with van der Waals surface area (Å²) in [6, 6.07) is 1.67. The van der Waals surface area contributed by atoms with E-state index in [1.165, 1.54) is 0 Å². The van der Waals surface area contributed by atoms with Gasteiger partial charge in [-0.15, -0.1) is 0 Å². The molecule has 100 valence electrons. The van der Waals surface area contributed by atoms with Crippen LogP contribution < -0.4 is 5.32 Å². The van der Waals surface area contributed by atoms with Crippen LogP contribution >= 0.6 is 23.2 Å². The van der Waals surface area contributed by atoms with Crippen molar-refractivity contribution < 1.29 is 4.74 Å². The van der Waals surface area contributed by atoms with Crippen LogP contribution in [0.1, 0.15) is 5.56 Å². The topological polar surface area (TPSA) is 37.4 Å². The SMILES string of the molecule is CN(Cc1cnc(Cl)cc1Cl)CC1CNCCO1. The number of rotatable bonds is 4. The van der Waals surface area contributed by atoms with Crippen molar-refractivity contribution in [2.75, 3.05) is 33.3 Å². The summed E-state index contributed by atoms with van der Waals surface area (Å²) in [6.45, 7) is 4.22. The van der Waals surface area contributed by atoms with Crippen molar-refractivity contribution in [3.05, 3.63) is 28.0 Å². The van der Waals surface area contributed by atoms with Crippen LogP contribution in [0.3, 0.4) is 0 Å². The average molecular weight is 290 g/mol. The summed E-state index contributed by atoms with van der Waals surface area (Å²) in [5, 5.41) is 4.39. The largest absolute Gasteiger partial charge is 0.374 e. The van der Waals surface area contributed by atoms with Crippen molar-refractivity contribution in [1.29, 1.82) is 0 Å². The lowest BCUT2D eigenvalue weighted by Crippen LogP contribution is -2.44. The van der Waals surface area contributed by atoms with E-state index in [9.17, 15) is 0 Å². The molecule has 1 fully saturated rings. The van der Waals surface area contributed by atoms with Crippen LogP contribution in [0.15, 0.2) is 12.3 Å². The molecule has 2 rings (SSSR count). The second-order valence-electron chi connectivity index (χ2n) is 4.49. The predicted molar refractivity (Wildman–Crippen MR) is 73.2 cm³/mol. The molecule has 1 atom stereocenters. The van der Waals surface area contributed by atoms with E-state index < -0.39 is 0 Å². The lowest BCUT2D eigenvalue weighted by atomic mass is 10.2. The highest BCUT2D eigenvalue weighted by Crippen LogP contribution is 2.19. The summed E-state index contributed by atoms with van der Waals surface area (Å²) in [7, 11) is 2.04. The molecular formula is C12H17Cl2N3O. The van der Waals surface area contributed by atoms with E-state index in [0.717, 1.165) is 38.3 Å². The summed E-state index contributed by atoms with van der Waals surface area (Å²) in [6.07, 6.45) is 1.96. The Balaban J connectivity index is 1.87. The minimum absolute atomic E-state index is 0.239. The Morgan fingerprint density at radius 2 is 2.39 bits per heavy atom. The van der Waals surface area contributed by atoms with E-state index in [-0.39, 0.29) is 6.10 Å². The van der Waals surface area contributed by atoms with Gasteiger partial charge in [-0.3, -0.25) is 4.90 Å². The molecule has 4 nitrogen and oxygen atoms in total. The van der Waals surface area contributed by atoms with E-state index in [2.05, 4.69) is 15.2 Å². The number of pyridine rings is 1. The monoisotopic (exact) mass is 289 g/mol. The van der Waals surface area contributed by atoms with Crippen LogP contribution in [-0.4, -0.2) is 49.3 Å². The Morgan fingerprint density at radius 3 is 3.06 bits per heavy atom. The summed E-state index contributed by atoms with van der Waals surface area (Å²) in [5.41, 5.74) is 0.979. The molecule has 1 N–H and O–H groups in total. The number of aromatic nitrogens is 1. The van der Waals surface area contributed by atoms with Crippen molar-refractivity contribution in [1.82, 2.24) is 15.2 Å². The van der Waals surface area contributed by atoms with Crippen molar-refractivity contribution in [2.24, 2.45) is 0 Å². The van der Waals surface area contributed by atoms with Gasteiger partial charge in [-0.1, -0.05) is 23.2 Å². The molecule has 18 heavy (non-hydrogen) atoms. The summed E-state index contributed by atoms with van der Waals surface area (Å²) < 4.78 is 5.66. The van der Waals surface area contributed by atoms with Gasteiger partial charge in [0, 0.05) is 43.0 Å². The van der Waals surface area contributed by atoms with Gasteiger partial charge in [0.1, 0.15) is 5.15 Å². The number of nitrogens with zero attached hydrogens (tertiary/aromatic N) is 2. The zero-order chi connectivity index (χ0) is 13.0. The second-order valence-corrected chi connectivity index (χ2v) is 5.29. The molecule has 1 saturated heterocycles. The summed E-state index contributed by atoms with van der Waals surface area (Å²) in [4.78, 5) is 6.23. The minimum Gasteiger partial charge on any atom is -0.374 e. The van der Waals surface area contributed by atoms with Crippen LogP contribution in [0, 0.1) is 0 Å². The first-order valence-corrected chi connectivity index (χ1v) is 6.71. The van der Waals surface area contributed by atoms with E-state index in [0.29, 0.717) is 10.2 Å². The number of hydrogen-bond acceptors (Lipinski definition) is 4. The molecule has 1 aromatic rings. The van der Waals surface area contributed by atoms with Gasteiger partial charge in [-0.25, -0.2) is 4.98 Å². The van der Waals surface area contributed by atoms with Gasteiger partial charge in [-0.05, 0) is 13.1 Å². The molecule has 0 bridgehead atoms. The van der Waals surface area contributed by atoms with Crippen LogP contribution in [0.5, 0.6) is 0 Å². The summed E-state index contributed by atoms with van der Waals surface area (Å²) >= 11 is 11.9. The number of ether oxygens (including phenoxy) is 1. The van der Waals surface area contributed by atoms with Crippen LogP contribution in [0.2, 0.25) is 10.2 Å².